The molecule has 0 aromatic heterocycles. The van der Waals surface area contributed by atoms with E-state index in [9.17, 15) is 0 Å². The number of rotatable bonds is 4. The van der Waals surface area contributed by atoms with Gasteiger partial charge in [-0.25, -0.2) is 0 Å². The van der Waals surface area contributed by atoms with Crippen molar-refractivity contribution in [1.29, 1.82) is 0 Å². The van der Waals surface area contributed by atoms with Crippen LogP contribution in [-0.2, 0) is 6.42 Å². The number of nitrogens with zero attached hydrogens (tertiary/aromatic N) is 1. The smallest absolute Gasteiger partial charge is 0.192 e. The Morgan fingerprint density at radius 2 is 1.38 bits per heavy atom. The molecule has 0 saturated carbocycles. The maximum absolute atomic E-state index is 5.09. The summed E-state index contributed by atoms with van der Waals surface area (Å²) in [6, 6.07) is 10.8. The summed E-state index contributed by atoms with van der Waals surface area (Å²) in [6.07, 6.45) is 0.982. The van der Waals surface area contributed by atoms with E-state index in [-0.39, 0.29) is 5.04 Å². The van der Waals surface area contributed by atoms with Gasteiger partial charge in [0.05, 0.1) is 8.07 Å². The zero-order valence-corrected chi connectivity index (χ0v) is 19.5. The summed E-state index contributed by atoms with van der Waals surface area (Å²) in [6.45, 7) is 23.7. The highest BCUT2D eigenvalue weighted by molar-refractivity contribution is 6.88. The van der Waals surface area contributed by atoms with Crippen LogP contribution in [0.15, 0.2) is 40.2 Å². The summed E-state index contributed by atoms with van der Waals surface area (Å²) in [4.78, 5) is 0. The Bertz CT molecular complexity index is 607. The fourth-order valence-corrected chi connectivity index (χ4v) is 4.78. The third-order valence-corrected chi connectivity index (χ3v) is 16.0. The zero-order valence-electron chi connectivity index (χ0n) is 17.5. The highest BCUT2D eigenvalue weighted by Gasteiger charge is 2.40. The van der Waals surface area contributed by atoms with Gasteiger partial charge in [-0.1, -0.05) is 85.0 Å². The Balaban J connectivity index is 3.42. The molecule has 0 heterocycles. The third-order valence-electron chi connectivity index (χ3n) is 6.16. The summed E-state index contributed by atoms with van der Waals surface area (Å²) in [5.41, 5.74) is 1.37. The van der Waals surface area contributed by atoms with Crippen LogP contribution in [0.1, 0.15) is 47.1 Å². The second-order valence-electron chi connectivity index (χ2n) is 10.0. The van der Waals surface area contributed by atoms with Gasteiger partial charge < -0.3 is 0 Å². The van der Waals surface area contributed by atoms with Crippen LogP contribution < -0.4 is 0 Å². The molecular weight excluding hydrogens is 322 g/mol. The predicted octanol–water partition coefficient (Wildman–Crippen LogP) is 6.88. The fourth-order valence-electron chi connectivity index (χ4n) is 2.03. The highest BCUT2D eigenvalue weighted by Crippen LogP contribution is 2.41. The molecule has 0 saturated heterocycles. The molecule has 0 N–H and O–H groups in total. The second-order valence-corrected chi connectivity index (χ2v) is 20.2. The van der Waals surface area contributed by atoms with Crippen molar-refractivity contribution >= 4 is 22.2 Å². The van der Waals surface area contributed by atoms with E-state index in [0.29, 0.717) is 5.04 Å². The summed E-state index contributed by atoms with van der Waals surface area (Å²) in [7, 11) is -3.35. The van der Waals surface area contributed by atoms with Crippen LogP contribution in [0.4, 0.5) is 0 Å². The largest absolute Gasteiger partial charge is 0.283 e. The molecule has 0 spiro atoms. The van der Waals surface area contributed by atoms with E-state index in [1.165, 1.54) is 10.8 Å². The molecule has 1 aromatic carbocycles. The molecule has 0 bridgehead atoms. The van der Waals surface area contributed by atoms with Crippen molar-refractivity contribution in [2.75, 3.05) is 0 Å². The Hall–Kier alpha value is -0.896. The summed E-state index contributed by atoms with van der Waals surface area (Å²) in [5, 5.41) is 2.00. The first-order chi connectivity index (χ1) is 10.7. The minimum Gasteiger partial charge on any atom is -0.283 e. The predicted molar refractivity (Wildman–Crippen MR) is 115 cm³/mol. The SMILES string of the molecule is CC(C)(C)[Si](C)(C)N=C=C(Cc1ccccc1)[Si](C)(C)C(C)(C)C. The first-order valence-corrected chi connectivity index (χ1v) is 15.0. The molecule has 134 valence electrons. The standard InChI is InChI=1S/C21H37NSi2/c1-20(2,3)23(7,8)19(16-18-14-12-11-13-15-18)17-22-24(9,10)21(4,5)6/h11-15H,16H2,1-10H3. The normalized spacial score (nSPS) is 13.4. The maximum Gasteiger partial charge on any atom is 0.192 e. The molecule has 0 unspecified atom stereocenters. The van der Waals surface area contributed by atoms with E-state index >= 15 is 0 Å². The minimum absolute atomic E-state index is 0.255. The maximum atomic E-state index is 5.09. The molecule has 0 aliphatic heterocycles. The van der Waals surface area contributed by atoms with E-state index in [1.54, 1.807) is 0 Å². The molecule has 24 heavy (non-hydrogen) atoms. The Kier molecular flexibility index (Phi) is 6.30. The molecule has 0 radical (unpaired) electrons. The topological polar surface area (TPSA) is 12.4 Å². The van der Waals surface area contributed by atoms with E-state index in [0.717, 1.165) is 6.42 Å². The van der Waals surface area contributed by atoms with Crippen LogP contribution in [0.2, 0.25) is 36.3 Å². The van der Waals surface area contributed by atoms with Crippen molar-refractivity contribution in [2.24, 2.45) is 4.66 Å². The summed E-state index contributed by atoms with van der Waals surface area (Å²) >= 11 is 0. The molecular formula is C21H37NSi2. The molecule has 0 aliphatic carbocycles. The lowest BCUT2D eigenvalue weighted by Crippen LogP contribution is -2.41. The average molecular weight is 360 g/mol. The second kappa shape index (κ2) is 7.15. The molecule has 0 fully saturated rings. The third kappa shape index (κ3) is 5.05. The lowest BCUT2D eigenvalue weighted by Gasteiger charge is -2.38. The van der Waals surface area contributed by atoms with E-state index < -0.39 is 16.3 Å². The minimum atomic E-state index is -1.71. The number of allylic oxidation sites excluding steroid dienone is 1. The van der Waals surface area contributed by atoms with Crippen LogP contribution in [0.25, 0.3) is 0 Å². The average Bonchev–Trinajstić information content (AvgIpc) is 2.41. The van der Waals surface area contributed by atoms with Crippen molar-refractivity contribution in [3.63, 3.8) is 0 Å². The molecule has 1 rings (SSSR count). The zero-order chi connectivity index (χ0) is 18.8. The van der Waals surface area contributed by atoms with Crippen LogP contribution in [0.3, 0.4) is 0 Å². The summed E-state index contributed by atoms with van der Waals surface area (Å²) < 4.78 is 5.09. The Labute approximate surface area is 152 Å². The molecule has 3 heteroatoms. The van der Waals surface area contributed by atoms with Gasteiger partial charge in [-0.15, -0.1) is 0 Å². The van der Waals surface area contributed by atoms with Gasteiger partial charge in [-0.05, 0) is 46.2 Å². The molecule has 0 aliphatic rings. The summed E-state index contributed by atoms with van der Waals surface area (Å²) in [5.74, 6) is 3.63. The lowest BCUT2D eigenvalue weighted by molar-refractivity contribution is 0.719. The van der Waals surface area contributed by atoms with E-state index in [4.69, 9.17) is 4.66 Å². The van der Waals surface area contributed by atoms with Gasteiger partial charge in [0.15, 0.2) is 8.24 Å². The monoisotopic (exact) mass is 359 g/mol. The van der Waals surface area contributed by atoms with Gasteiger partial charge >= 0.3 is 0 Å². The van der Waals surface area contributed by atoms with Gasteiger partial charge in [-0.2, -0.15) is 0 Å². The molecule has 1 nitrogen and oxygen atoms in total. The molecule has 0 amide bonds. The number of hydrogen-bond donors (Lipinski definition) is 0. The fraction of sp³-hybridized carbons (Fsp3) is 0.619. The van der Waals surface area contributed by atoms with Gasteiger partial charge in [-0.3, -0.25) is 4.66 Å². The van der Waals surface area contributed by atoms with Gasteiger partial charge in [0.2, 0.25) is 0 Å². The van der Waals surface area contributed by atoms with E-state index in [1.807, 2.05) is 0 Å². The number of benzene rings is 1. The van der Waals surface area contributed by atoms with E-state index in [2.05, 4.69) is 104 Å². The van der Waals surface area contributed by atoms with Crippen LogP contribution in [0.5, 0.6) is 0 Å². The van der Waals surface area contributed by atoms with Crippen LogP contribution >= 0.6 is 0 Å². The van der Waals surface area contributed by atoms with Crippen LogP contribution in [0, 0.1) is 0 Å². The van der Waals surface area contributed by atoms with Gasteiger partial charge in [0, 0.05) is 0 Å². The van der Waals surface area contributed by atoms with Crippen molar-refractivity contribution in [2.45, 2.75) is 84.2 Å². The van der Waals surface area contributed by atoms with Gasteiger partial charge in [0.25, 0.3) is 0 Å². The molecule has 1 aromatic rings. The quantitative estimate of drug-likeness (QED) is 0.410. The lowest BCUT2D eigenvalue weighted by atomic mass is 10.1. The van der Waals surface area contributed by atoms with Crippen molar-refractivity contribution < 1.29 is 0 Å². The van der Waals surface area contributed by atoms with Crippen LogP contribution in [-0.4, -0.2) is 22.2 Å². The highest BCUT2D eigenvalue weighted by atomic mass is 28.3. The van der Waals surface area contributed by atoms with Crippen molar-refractivity contribution in [3.8, 4) is 0 Å². The Morgan fingerprint density at radius 1 is 0.875 bits per heavy atom. The van der Waals surface area contributed by atoms with Crippen molar-refractivity contribution in [1.82, 2.24) is 0 Å². The first-order valence-electron chi connectivity index (χ1n) is 9.07. The van der Waals surface area contributed by atoms with Gasteiger partial charge in [0.1, 0.15) is 0 Å². The van der Waals surface area contributed by atoms with Crippen molar-refractivity contribution in [3.05, 3.63) is 41.1 Å². The number of hydrogen-bond acceptors (Lipinski definition) is 1. The first kappa shape index (κ1) is 21.1. The Morgan fingerprint density at radius 3 is 1.79 bits per heavy atom. The molecule has 0 atom stereocenters.